The molecular formula is C35H49N5O4. The number of likely N-dealkylation sites (N-methyl/N-ethyl adjacent to an activating group) is 1. The summed E-state index contributed by atoms with van der Waals surface area (Å²) in [6.07, 6.45) is 19.9. The SMILES string of the molecule is CON(C)C(=O)/C=C/CCCCc1ccc2cccnc2n1.CON(C)C(=O)CCCCCCc1ccc2c(n1)CCCC2. The lowest BCUT2D eigenvalue weighted by Crippen LogP contribution is -2.24. The molecule has 238 valence electrons. The van der Waals surface area contributed by atoms with Crippen molar-refractivity contribution in [1.29, 1.82) is 0 Å². The highest BCUT2D eigenvalue weighted by molar-refractivity contribution is 5.86. The van der Waals surface area contributed by atoms with Gasteiger partial charge < -0.3 is 0 Å². The van der Waals surface area contributed by atoms with Gasteiger partial charge in [0.15, 0.2) is 5.65 Å². The number of carbonyl (C=O) groups excluding carboxylic acids is 2. The molecule has 0 N–H and O–H groups in total. The number of carbonyl (C=O) groups is 2. The molecule has 0 radical (unpaired) electrons. The average Bonchev–Trinajstić information content (AvgIpc) is 3.06. The van der Waals surface area contributed by atoms with Crippen LogP contribution in [-0.2, 0) is 44.9 Å². The van der Waals surface area contributed by atoms with Crippen molar-refractivity contribution in [3.8, 4) is 0 Å². The molecule has 0 saturated heterocycles. The van der Waals surface area contributed by atoms with Gasteiger partial charge in [0.1, 0.15) is 0 Å². The van der Waals surface area contributed by atoms with E-state index in [0.717, 1.165) is 80.9 Å². The first-order chi connectivity index (χ1) is 21.4. The molecule has 3 aromatic heterocycles. The Morgan fingerprint density at radius 3 is 2.32 bits per heavy atom. The number of unbranched alkanes of at least 4 members (excludes halogenated alkanes) is 5. The van der Waals surface area contributed by atoms with Crippen LogP contribution >= 0.6 is 0 Å². The van der Waals surface area contributed by atoms with E-state index in [1.54, 1.807) is 26.4 Å². The lowest BCUT2D eigenvalue weighted by molar-refractivity contribution is -0.168. The van der Waals surface area contributed by atoms with E-state index in [1.165, 1.54) is 60.6 Å². The first-order valence-electron chi connectivity index (χ1n) is 15.9. The third kappa shape index (κ3) is 12.1. The van der Waals surface area contributed by atoms with Crippen molar-refractivity contribution in [2.24, 2.45) is 0 Å². The zero-order chi connectivity index (χ0) is 31.6. The summed E-state index contributed by atoms with van der Waals surface area (Å²) in [5, 5.41) is 3.56. The number of aromatic nitrogens is 3. The number of hydroxylamine groups is 4. The molecule has 0 fully saturated rings. The first kappa shape index (κ1) is 34.8. The number of amides is 2. The van der Waals surface area contributed by atoms with Gasteiger partial charge in [0.05, 0.1) is 14.2 Å². The maximum absolute atomic E-state index is 11.6. The maximum Gasteiger partial charge on any atom is 0.269 e. The molecule has 3 heterocycles. The summed E-state index contributed by atoms with van der Waals surface area (Å²) < 4.78 is 0. The third-order valence-corrected chi connectivity index (χ3v) is 7.85. The number of aryl methyl sites for hydroxylation is 4. The zero-order valence-corrected chi connectivity index (χ0v) is 27.0. The fraction of sp³-hybridized carbons (Fsp3) is 0.514. The first-order valence-corrected chi connectivity index (χ1v) is 15.9. The summed E-state index contributed by atoms with van der Waals surface area (Å²) in [6.45, 7) is 0. The largest absolute Gasteiger partial charge is 0.275 e. The second-order valence-electron chi connectivity index (χ2n) is 11.1. The van der Waals surface area contributed by atoms with Gasteiger partial charge in [-0.3, -0.25) is 24.2 Å². The summed E-state index contributed by atoms with van der Waals surface area (Å²) in [7, 11) is 6.23. The summed E-state index contributed by atoms with van der Waals surface area (Å²) in [5.74, 6) is -0.0939. The summed E-state index contributed by atoms with van der Waals surface area (Å²) >= 11 is 0. The van der Waals surface area contributed by atoms with Crippen LogP contribution in [0.2, 0.25) is 0 Å². The Kier molecular flexibility index (Phi) is 15.5. The minimum atomic E-state index is -0.148. The third-order valence-electron chi connectivity index (χ3n) is 7.85. The zero-order valence-electron chi connectivity index (χ0n) is 27.0. The van der Waals surface area contributed by atoms with Crippen LogP contribution in [0.25, 0.3) is 11.0 Å². The van der Waals surface area contributed by atoms with Crippen LogP contribution in [0.5, 0.6) is 0 Å². The average molecular weight is 604 g/mol. The van der Waals surface area contributed by atoms with Crippen LogP contribution in [-0.4, -0.2) is 65.2 Å². The number of hydrogen-bond acceptors (Lipinski definition) is 7. The standard InChI is InChI=1S/C18H28N2O2.C17H21N3O2/c1-20(22-2)18(21)12-6-4-3-5-10-16-14-13-15-9-7-8-11-17(15)19-16;1-20(22-2)16(21)10-6-4-3-5-9-15-12-11-14-8-7-13-18-17(14)19-15/h13-14H,3-12H2,1-2H3;6-8,10-13H,3-5,9H2,1-2H3/b;10-6+. The second-order valence-corrected chi connectivity index (χ2v) is 11.1. The number of nitrogens with zero attached hydrogens (tertiary/aromatic N) is 5. The molecule has 0 atom stereocenters. The van der Waals surface area contributed by atoms with Gasteiger partial charge in [-0.1, -0.05) is 25.0 Å². The Labute approximate surface area is 262 Å². The molecule has 9 heteroatoms. The molecule has 3 aromatic rings. The van der Waals surface area contributed by atoms with Crippen molar-refractivity contribution in [2.75, 3.05) is 28.3 Å². The molecule has 0 unspecified atom stereocenters. The fourth-order valence-electron chi connectivity index (χ4n) is 5.04. The number of rotatable bonds is 15. The predicted molar refractivity (Wildman–Crippen MR) is 173 cm³/mol. The molecular weight excluding hydrogens is 554 g/mol. The minimum Gasteiger partial charge on any atom is -0.275 e. The number of pyridine rings is 3. The number of hydrogen-bond donors (Lipinski definition) is 0. The lowest BCUT2D eigenvalue weighted by Gasteiger charge is -2.15. The van der Waals surface area contributed by atoms with E-state index < -0.39 is 0 Å². The molecule has 0 aromatic carbocycles. The molecule has 0 aliphatic heterocycles. The quantitative estimate of drug-likeness (QED) is 0.113. The van der Waals surface area contributed by atoms with Gasteiger partial charge in [0, 0.05) is 55.3 Å². The van der Waals surface area contributed by atoms with Crippen molar-refractivity contribution in [2.45, 2.75) is 89.9 Å². The van der Waals surface area contributed by atoms with E-state index in [9.17, 15) is 9.59 Å². The van der Waals surface area contributed by atoms with Gasteiger partial charge in [-0.2, -0.15) is 0 Å². The molecule has 1 aliphatic carbocycles. The molecule has 1 aliphatic rings. The van der Waals surface area contributed by atoms with Crippen molar-refractivity contribution in [3.63, 3.8) is 0 Å². The molecule has 0 saturated carbocycles. The lowest BCUT2D eigenvalue weighted by atomic mass is 9.95. The van der Waals surface area contributed by atoms with Crippen molar-refractivity contribution in [1.82, 2.24) is 25.1 Å². The van der Waals surface area contributed by atoms with E-state index >= 15 is 0 Å². The van der Waals surface area contributed by atoms with Gasteiger partial charge in [-0.05, 0) is 107 Å². The Balaban J connectivity index is 0.000000240. The topological polar surface area (TPSA) is 97.7 Å². The summed E-state index contributed by atoms with van der Waals surface area (Å²) in [4.78, 5) is 46.3. The molecule has 0 bridgehead atoms. The van der Waals surface area contributed by atoms with E-state index in [1.807, 2.05) is 18.2 Å². The molecule has 4 rings (SSSR count). The minimum absolute atomic E-state index is 0.0545. The summed E-state index contributed by atoms with van der Waals surface area (Å²) in [5.41, 5.74) is 5.88. The van der Waals surface area contributed by atoms with Gasteiger partial charge in [-0.25, -0.2) is 20.1 Å². The van der Waals surface area contributed by atoms with Crippen LogP contribution in [0, 0.1) is 0 Å². The van der Waals surface area contributed by atoms with Gasteiger partial charge in [-0.15, -0.1) is 0 Å². The monoisotopic (exact) mass is 603 g/mol. The highest BCUT2D eigenvalue weighted by Crippen LogP contribution is 2.20. The van der Waals surface area contributed by atoms with Crippen molar-refractivity contribution < 1.29 is 19.3 Å². The van der Waals surface area contributed by atoms with Gasteiger partial charge in [0.2, 0.25) is 5.91 Å². The number of allylic oxidation sites excluding steroid dienone is 1. The van der Waals surface area contributed by atoms with Crippen LogP contribution < -0.4 is 0 Å². The molecule has 44 heavy (non-hydrogen) atoms. The van der Waals surface area contributed by atoms with Crippen LogP contribution in [0.4, 0.5) is 0 Å². The van der Waals surface area contributed by atoms with Crippen molar-refractivity contribution in [3.05, 3.63) is 77.4 Å². The molecule has 0 spiro atoms. The smallest absolute Gasteiger partial charge is 0.269 e. The van der Waals surface area contributed by atoms with Gasteiger partial charge in [0.25, 0.3) is 5.91 Å². The van der Waals surface area contributed by atoms with Crippen LogP contribution in [0.15, 0.2) is 54.7 Å². The normalized spacial score (nSPS) is 12.5. The van der Waals surface area contributed by atoms with Gasteiger partial charge >= 0.3 is 0 Å². The van der Waals surface area contributed by atoms with E-state index in [-0.39, 0.29) is 11.8 Å². The van der Waals surface area contributed by atoms with E-state index in [0.29, 0.717) is 6.42 Å². The highest BCUT2D eigenvalue weighted by Gasteiger charge is 2.11. The number of fused-ring (bicyclic) bond motifs is 2. The van der Waals surface area contributed by atoms with Crippen LogP contribution in [0.1, 0.15) is 86.9 Å². The Hall–Kier alpha value is -3.69. The fourth-order valence-corrected chi connectivity index (χ4v) is 5.04. The maximum atomic E-state index is 11.6. The molecule has 2 amide bonds. The highest BCUT2D eigenvalue weighted by atomic mass is 16.7. The van der Waals surface area contributed by atoms with Crippen molar-refractivity contribution >= 4 is 22.8 Å². The Morgan fingerprint density at radius 2 is 1.52 bits per heavy atom. The van der Waals surface area contributed by atoms with E-state index in [2.05, 4.69) is 34.2 Å². The van der Waals surface area contributed by atoms with Crippen LogP contribution in [0.3, 0.4) is 0 Å². The predicted octanol–water partition coefficient (Wildman–Crippen LogP) is 6.39. The molecule has 9 nitrogen and oxygen atoms in total. The Bertz CT molecular complexity index is 1350. The van der Waals surface area contributed by atoms with E-state index in [4.69, 9.17) is 14.7 Å². The Morgan fingerprint density at radius 1 is 0.818 bits per heavy atom. The second kappa shape index (κ2) is 19.6. The summed E-state index contributed by atoms with van der Waals surface area (Å²) in [6, 6.07) is 12.5.